The first-order valence-electron chi connectivity index (χ1n) is 8.65. The molecule has 0 saturated heterocycles. The third kappa shape index (κ3) is 5.37. The fourth-order valence-electron chi connectivity index (χ4n) is 2.40. The number of benzene rings is 2. The summed E-state index contributed by atoms with van der Waals surface area (Å²) in [7, 11) is 3.00. The van der Waals surface area contributed by atoms with Gasteiger partial charge < -0.3 is 24.8 Å². The van der Waals surface area contributed by atoms with Gasteiger partial charge in [0, 0.05) is 0 Å². The van der Waals surface area contributed by atoms with Gasteiger partial charge in [0.25, 0.3) is 0 Å². The number of carbonyl (C=O) groups is 2. The summed E-state index contributed by atoms with van der Waals surface area (Å²) in [6.45, 7) is 2.36. The lowest BCUT2D eigenvalue weighted by atomic mass is 10.2. The molecule has 0 aromatic heterocycles. The number of esters is 1. The van der Waals surface area contributed by atoms with Crippen molar-refractivity contribution in [3.05, 3.63) is 48.0 Å². The van der Waals surface area contributed by atoms with Crippen LogP contribution in [0.5, 0.6) is 11.5 Å². The predicted molar refractivity (Wildman–Crippen MR) is 104 cm³/mol. The third-order valence-corrected chi connectivity index (χ3v) is 3.79. The molecule has 144 valence electrons. The normalized spacial score (nSPS) is 10.0. The van der Waals surface area contributed by atoms with Gasteiger partial charge in [0.1, 0.15) is 17.2 Å². The second-order valence-corrected chi connectivity index (χ2v) is 5.65. The number of rotatable bonds is 8. The maximum Gasteiger partial charge on any atom is 0.340 e. The number of carbonyl (C=O) groups excluding carboxylic acids is 2. The molecular formula is C20H24N2O5. The second-order valence-electron chi connectivity index (χ2n) is 5.65. The van der Waals surface area contributed by atoms with Gasteiger partial charge in [0.05, 0.1) is 32.1 Å². The molecule has 0 radical (unpaired) electrons. The zero-order valence-corrected chi connectivity index (χ0v) is 15.7. The van der Waals surface area contributed by atoms with Crippen LogP contribution < -0.4 is 20.1 Å². The lowest BCUT2D eigenvalue weighted by Crippen LogP contribution is -2.22. The number of anilines is 2. The number of ether oxygens (including phenoxy) is 3. The average molecular weight is 372 g/mol. The Kier molecular flexibility index (Phi) is 7.49. The predicted octanol–water partition coefficient (Wildman–Crippen LogP) is 4.30. The van der Waals surface area contributed by atoms with Crippen molar-refractivity contribution in [3.63, 3.8) is 0 Å². The topological polar surface area (TPSA) is 85.9 Å². The number of methoxy groups -OCH3 is 2. The first-order chi connectivity index (χ1) is 13.1. The molecule has 0 aliphatic rings. The molecule has 7 heteroatoms. The van der Waals surface area contributed by atoms with Gasteiger partial charge in [-0.15, -0.1) is 0 Å². The molecule has 0 fully saturated rings. The molecule has 2 aromatic rings. The van der Waals surface area contributed by atoms with Crippen molar-refractivity contribution in [1.29, 1.82) is 0 Å². The largest absolute Gasteiger partial charge is 0.494 e. The van der Waals surface area contributed by atoms with Crippen LogP contribution in [0, 0.1) is 0 Å². The van der Waals surface area contributed by atoms with Crippen LogP contribution in [0.15, 0.2) is 42.5 Å². The highest BCUT2D eigenvalue weighted by Gasteiger charge is 2.17. The summed E-state index contributed by atoms with van der Waals surface area (Å²) >= 11 is 0. The number of urea groups is 1. The van der Waals surface area contributed by atoms with E-state index >= 15 is 0 Å². The summed E-state index contributed by atoms with van der Waals surface area (Å²) in [4.78, 5) is 24.7. The highest BCUT2D eigenvalue weighted by molar-refractivity contribution is 6.06. The minimum absolute atomic E-state index is 0.288. The molecule has 2 aromatic carbocycles. The Hall–Kier alpha value is -3.22. The van der Waals surface area contributed by atoms with Crippen molar-refractivity contribution in [2.75, 3.05) is 31.5 Å². The van der Waals surface area contributed by atoms with Crippen molar-refractivity contribution in [1.82, 2.24) is 0 Å². The van der Waals surface area contributed by atoms with E-state index in [1.54, 1.807) is 42.5 Å². The van der Waals surface area contributed by atoms with Gasteiger partial charge in [-0.2, -0.15) is 0 Å². The molecule has 0 atom stereocenters. The summed E-state index contributed by atoms with van der Waals surface area (Å²) in [5.41, 5.74) is 1.03. The molecule has 0 aliphatic heterocycles. The Bertz CT molecular complexity index is 769. The number of hydrogen-bond donors (Lipinski definition) is 2. The Morgan fingerprint density at radius 3 is 2.22 bits per heavy atom. The first-order valence-corrected chi connectivity index (χ1v) is 8.65. The van der Waals surface area contributed by atoms with E-state index in [1.807, 2.05) is 6.92 Å². The maximum absolute atomic E-state index is 12.5. The van der Waals surface area contributed by atoms with Crippen LogP contribution in [-0.4, -0.2) is 32.8 Å². The summed E-state index contributed by atoms with van der Waals surface area (Å²) in [5.74, 6) is 0.433. The van der Waals surface area contributed by atoms with E-state index < -0.39 is 12.0 Å². The number of hydrogen-bond acceptors (Lipinski definition) is 5. The molecule has 2 N–H and O–H groups in total. The minimum atomic E-state index is -0.536. The van der Waals surface area contributed by atoms with Gasteiger partial charge in [-0.3, -0.25) is 0 Å². The average Bonchev–Trinajstić information content (AvgIpc) is 2.68. The number of para-hydroxylation sites is 2. The van der Waals surface area contributed by atoms with E-state index in [4.69, 9.17) is 14.2 Å². The molecule has 2 rings (SSSR count). The molecule has 0 unspecified atom stereocenters. The SMILES string of the molecule is CCCCOC(=O)c1ccccc1NC(=O)Nc1c(OC)cccc1OC. The first kappa shape index (κ1) is 20.1. The standard InChI is InChI=1S/C20H24N2O5/c1-4-5-13-27-19(23)14-9-6-7-10-15(14)21-20(24)22-18-16(25-2)11-8-12-17(18)26-3/h6-12H,4-5,13H2,1-3H3,(H2,21,22,24). The van der Waals surface area contributed by atoms with E-state index in [9.17, 15) is 9.59 Å². The highest BCUT2D eigenvalue weighted by Crippen LogP contribution is 2.34. The second kappa shape index (κ2) is 10.1. The van der Waals surface area contributed by atoms with Gasteiger partial charge in [0.15, 0.2) is 0 Å². The molecule has 0 spiro atoms. The molecular weight excluding hydrogens is 348 g/mol. The van der Waals surface area contributed by atoms with E-state index in [-0.39, 0.29) is 5.56 Å². The smallest absolute Gasteiger partial charge is 0.340 e. The molecule has 0 bridgehead atoms. The summed E-state index contributed by atoms with van der Waals surface area (Å²) in [6, 6.07) is 11.3. The van der Waals surface area contributed by atoms with E-state index in [0.717, 1.165) is 12.8 Å². The number of nitrogens with one attached hydrogen (secondary N) is 2. The van der Waals surface area contributed by atoms with Crippen molar-refractivity contribution in [2.45, 2.75) is 19.8 Å². The van der Waals surface area contributed by atoms with Crippen LogP contribution in [0.4, 0.5) is 16.2 Å². The van der Waals surface area contributed by atoms with Crippen LogP contribution in [0.1, 0.15) is 30.1 Å². The van der Waals surface area contributed by atoms with Gasteiger partial charge >= 0.3 is 12.0 Å². The van der Waals surface area contributed by atoms with Gasteiger partial charge in [0.2, 0.25) is 0 Å². The van der Waals surface area contributed by atoms with Crippen LogP contribution in [-0.2, 0) is 4.74 Å². The van der Waals surface area contributed by atoms with Crippen molar-refractivity contribution >= 4 is 23.4 Å². The molecule has 0 saturated carbocycles. The number of unbranched alkanes of at least 4 members (excludes halogenated alkanes) is 1. The van der Waals surface area contributed by atoms with E-state index in [0.29, 0.717) is 29.5 Å². The Balaban J connectivity index is 2.14. The van der Waals surface area contributed by atoms with Crippen molar-refractivity contribution < 1.29 is 23.8 Å². The minimum Gasteiger partial charge on any atom is -0.494 e. The van der Waals surface area contributed by atoms with Crippen molar-refractivity contribution in [3.8, 4) is 11.5 Å². The fourth-order valence-corrected chi connectivity index (χ4v) is 2.40. The van der Waals surface area contributed by atoms with Gasteiger partial charge in [-0.25, -0.2) is 9.59 Å². The van der Waals surface area contributed by atoms with Crippen LogP contribution in [0.2, 0.25) is 0 Å². The number of amides is 2. The Morgan fingerprint density at radius 2 is 1.59 bits per heavy atom. The van der Waals surface area contributed by atoms with Gasteiger partial charge in [-0.1, -0.05) is 31.5 Å². The quantitative estimate of drug-likeness (QED) is 0.533. The summed E-state index contributed by atoms with van der Waals surface area (Å²) in [5, 5.41) is 5.37. The highest BCUT2D eigenvalue weighted by atomic mass is 16.5. The fraction of sp³-hybridized carbons (Fsp3) is 0.300. The molecule has 27 heavy (non-hydrogen) atoms. The van der Waals surface area contributed by atoms with Crippen LogP contribution >= 0.6 is 0 Å². The van der Waals surface area contributed by atoms with E-state index in [1.165, 1.54) is 14.2 Å². The van der Waals surface area contributed by atoms with Crippen LogP contribution in [0.3, 0.4) is 0 Å². The third-order valence-electron chi connectivity index (χ3n) is 3.79. The maximum atomic E-state index is 12.5. The molecule has 2 amide bonds. The Morgan fingerprint density at radius 1 is 0.926 bits per heavy atom. The zero-order chi connectivity index (χ0) is 19.6. The monoisotopic (exact) mass is 372 g/mol. The van der Waals surface area contributed by atoms with Crippen LogP contribution in [0.25, 0.3) is 0 Å². The summed E-state index contributed by atoms with van der Waals surface area (Å²) < 4.78 is 15.7. The molecule has 0 aliphatic carbocycles. The lowest BCUT2D eigenvalue weighted by molar-refractivity contribution is 0.0501. The molecule has 0 heterocycles. The van der Waals surface area contributed by atoms with E-state index in [2.05, 4.69) is 10.6 Å². The zero-order valence-electron chi connectivity index (χ0n) is 15.7. The van der Waals surface area contributed by atoms with Gasteiger partial charge in [-0.05, 0) is 30.7 Å². The Labute approximate surface area is 158 Å². The molecule has 7 nitrogen and oxygen atoms in total. The van der Waals surface area contributed by atoms with Crippen molar-refractivity contribution in [2.24, 2.45) is 0 Å². The lowest BCUT2D eigenvalue weighted by Gasteiger charge is -2.15. The summed E-state index contributed by atoms with van der Waals surface area (Å²) in [6.07, 6.45) is 1.71.